The molecule has 0 saturated carbocycles. The lowest BCUT2D eigenvalue weighted by atomic mass is 10.2. The van der Waals surface area contributed by atoms with Crippen molar-refractivity contribution in [2.24, 2.45) is 7.05 Å². The SMILES string of the molecule is CCOc1ccccc1C[NH2+]CCSc1nnnn1C. The molecular formula is C13H20N5OS+. The highest BCUT2D eigenvalue weighted by Gasteiger charge is 2.05. The van der Waals surface area contributed by atoms with Gasteiger partial charge >= 0.3 is 0 Å². The first-order valence-electron chi connectivity index (χ1n) is 6.68. The average molecular weight is 294 g/mol. The number of hydrogen-bond donors (Lipinski definition) is 1. The van der Waals surface area contributed by atoms with Gasteiger partial charge in [-0.1, -0.05) is 23.9 Å². The molecule has 2 aromatic rings. The van der Waals surface area contributed by atoms with E-state index in [9.17, 15) is 0 Å². The van der Waals surface area contributed by atoms with E-state index in [-0.39, 0.29) is 0 Å². The molecule has 0 aliphatic rings. The fourth-order valence-electron chi connectivity index (χ4n) is 1.80. The zero-order valence-corrected chi connectivity index (χ0v) is 12.6. The molecule has 0 amide bonds. The van der Waals surface area contributed by atoms with Gasteiger partial charge in [-0.3, -0.25) is 0 Å². The summed E-state index contributed by atoms with van der Waals surface area (Å²) in [5, 5.41) is 14.5. The Labute approximate surface area is 122 Å². The van der Waals surface area contributed by atoms with Crippen LogP contribution in [0.3, 0.4) is 0 Å². The normalized spacial score (nSPS) is 10.7. The van der Waals surface area contributed by atoms with E-state index >= 15 is 0 Å². The van der Waals surface area contributed by atoms with Crippen LogP contribution in [-0.4, -0.2) is 39.1 Å². The summed E-state index contributed by atoms with van der Waals surface area (Å²) in [6, 6.07) is 8.19. The molecule has 0 unspecified atom stereocenters. The molecule has 108 valence electrons. The number of quaternary nitrogens is 1. The molecule has 2 rings (SSSR count). The van der Waals surface area contributed by atoms with Gasteiger partial charge in [0.2, 0.25) is 5.16 Å². The van der Waals surface area contributed by atoms with E-state index in [1.54, 1.807) is 16.4 Å². The summed E-state index contributed by atoms with van der Waals surface area (Å²) in [5.41, 5.74) is 1.24. The highest BCUT2D eigenvalue weighted by Crippen LogP contribution is 2.16. The number of ether oxygens (including phenoxy) is 1. The van der Waals surface area contributed by atoms with Gasteiger partial charge in [-0.2, -0.15) is 0 Å². The zero-order valence-electron chi connectivity index (χ0n) is 11.8. The monoisotopic (exact) mass is 294 g/mol. The van der Waals surface area contributed by atoms with Crippen molar-refractivity contribution < 1.29 is 10.1 Å². The molecule has 0 aliphatic heterocycles. The fourth-order valence-corrected chi connectivity index (χ4v) is 2.59. The van der Waals surface area contributed by atoms with Crippen LogP contribution >= 0.6 is 11.8 Å². The van der Waals surface area contributed by atoms with Gasteiger partial charge in [0.15, 0.2) is 0 Å². The number of aryl methyl sites for hydroxylation is 1. The van der Waals surface area contributed by atoms with Crippen molar-refractivity contribution in [3.8, 4) is 5.75 Å². The minimum Gasteiger partial charge on any atom is -0.493 e. The fraction of sp³-hybridized carbons (Fsp3) is 0.462. The molecule has 1 aromatic carbocycles. The van der Waals surface area contributed by atoms with Gasteiger partial charge in [0.1, 0.15) is 12.3 Å². The Bertz CT molecular complexity index is 531. The second-order valence-electron chi connectivity index (χ2n) is 4.26. The Morgan fingerprint density at radius 2 is 2.20 bits per heavy atom. The second kappa shape index (κ2) is 7.86. The quantitative estimate of drug-likeness (QED) is 0.566. The van der Waals surface area contributed by atoms with Gasteiger partial charge in [-0.15, -0.1) is 5.10 Å². The molecule has 0 bridgehead atoms. The van der Waals surface area contributed by atoms with E-state index in [4.69, 9.17) is 4.74 Å². The van der Waals surface area contributed by atoms with Crippen molar-refractivity contribution in [1.82, 2.24) is 20.2 Å². The van der Waals surface area contributed by atoms with Crippen LogP contribution in [0, 0.1) is 0 Å². The number of aromatic nitrogens is 4. The molecule has 1 heterocycles. The second-order valence-corrected chi connectivity index (χ2v) is 5.32. The number of rotatable bonds is 8. The summed E-state index contributed by atoms with van der Waals surface area (Å²) in [5.74, 6) is 1.96. The first-order valence-corrected chi connectivity index (χ1v) is 7.67. The molecule has 0 spiro atoms. The number of nitrogens with two attached hydrogens (primary N) is 1. The minimum absolute atomic E-state index is 0.700. The highest BCUT2D eigenvalue weighted by atomic mass is 32.2. The van der Waals surface area contributed by atoms with Crippen molar-refractivity contribution >= 4 is 11.8 Å². The van der Waals surface area contributed by atoms with Crippen LogP contribution in [-0.2, 0) is 13.6 Å². The van der Waals surface area contributed by atoms with Crippen LogP contribution in [0.2, 0.25) is 0 Å². The lowest BCUT2D eigenvalue weighted by Gasteiger charge is -2.08. The Kier molecular flexibility index (Phi) is 5.82. The number of tetrazole rings is 1. The predicted molar refractivity (Wildman–Crippen MR) is 77.6 cm³/mol. The highest BCUT2D eigenvalue weighted by molar-refractivity contribution is 7.99. The van der Waals surface area contributed by atoms with Gasteiger partial charge in [-0.25, -0.2) is 4.68 Å². The summed E-state index contributed by atoms with van der Waals surface area (Å²) < 4.78 is 7.30. The van der Waals surface area contributed by atoms with Gasteiger partial charge in [0.25, 0.3) is 0 Å². The van der Waals surface area contributed by atoms with Crippen LogP contribution in [0.25, 0.3) is 0 Å². The topological polar surface area (TPSA) is 69.4 Å². The van der Waals surface area contributed by atoms with E-state index in [0.29, 0.717) is 6.61 Å². The number of thioether (sulfide) groups is 1. The smallest absolute Gasteiger partial charge is 0.209 e. The lowest BCUT2D eigenvalue weighted by molar-refractivity contribution is -0.666. The van der Waals surface area contributed by atoms with Crippen LogP contribution < -0.4 is 10.1 Å². The van der Waals surface area contributed by atoms with E-state index < -0.39 is 0 Å². The Morgan fingerprint density at radius 3 is 2.95 bits per heavy atom. The van der Waals surface area contributed by atoms with Crippen molar-refractivity contribution in [3.05, 3.63) is 29.8 Å². The van der Waals surface area contributed by atoms with Crippen molar-refractivity contribution in [3.63, 3.8) is 0 Å². The van der Waals surface area contributed by atoms with Crippen molar-refractivity contribution in [1.29, 1.82) is 0 Å². The van der Waals surface area contributed by atoms with E-state index in [1.807, 2.05) is 32.2 Å². The molecule has 2 N–H and O–H groups in total. The Balaban J connectivity index is 1.72. The zero-order chi connectivity index (χ0) is 14.2. The predicted octanol–water partition coefficient (Wildman–Crippen LogP) is 0.464. The molecule has 1 aromatic heterocycles. The van der Waals surface area contributed by atoms with Gasteiger partial charge in [-0.05, 0) is 29.5 Å². The van der Waals surface area contributed by atoms with E-state index in [2.05, 4.69) is 26.9 Å². The molecule has 0 atom stereocenters. The molecule has 7 heteroatoms. The third-order valence-corrected chi connectivity index (χ3v) is 3.82. The molecule has 0 saturated heterocycles. The molecule has 20 heavy (non-hydrogen) atoms. The first kappa shape index (κ1) is 14.8. The maximum atomic E-state index is 5.61. The van der Waals surface area contributed by atoms with Gasteiger partial charge < -0.3 is 10.1 Å². The minimum atomic E-state index is 0.700. The maximum absolute atomic E-state index is 5.61. The standard InChI is InChI=1S/C13H19N5OS/c1-3-19-12-7-5-4-6-11(12)10-14-8-9-20-13-15-16-17-18(13)2/h4-7,14H,3,8-10H2,1-2H3/p+1. The summed E-state index contributed by atoms with van der Waals surface area (Å²) in [6.45, 7) is 4.64. The summed E-state index contributed by atoms with van der Waals surface area (Å²) in [4.78, 5) is 0. The van der Waals surface area contributed by atoms with Crippen LogP contribution in [0.5, 0.6) is 5.75 Å². The number of nitrogens with zero attached hydrogens (tertiary/aromatic N) is 4. The average Bonchev–Trinajstić information content (AvgIpc) is 2.86. The van der Waals surface area contributed by atoms with Gasteiger partial charge in [0, 0.05) is 12.6 Å². The van der Waals surface area contributed by atoms with Gasteiger partial charge in [0.05, 0.1) is 18.9 Å². The number of benzene rings is 1. The third kappa shape index (κ3) is 4.21. The van der Waals surface area contributed by atoms with Crippen molar-refractivity contribution in [2.45, 2.75) is 18.6 Å². The first-order chi connectivity index (χ1) is 9.81. The molecule has 0 fully saturated rings. The Morgan fingerprint density at radius 1 is 1.35 bits per heavy atom. The van der Waals surface area contributed by atoms with E-state index in [1.165, 1.54) is 5.56 Å². The van der Waals surface area contributed by atoms with Crippen molar-refractivity contribution in [2.75, 3.05) is 18.9 Å². The molecule has 6 nitrogen and oxygen atoms in total. The largest absolute Gasteiger partial charge is 0.493 e. The van der Waals surface area contributed by atoms with Crippen LogP contribution in [0.15, 0.2) is 29.4 Å². The number of para-hydroxylation sites is 1. The summed E-state index contributed by atoms with van der Waals surface area (Å²) >= 11 is 1.67. The number of hydrogen-bond acceptors (Lipinski definition) is 5. The van der Waals surface area contributed by atoms with Crippen LogP contribution in [0.1, 0.15) is 12.5 Å². The lowest BCUT2D eigenvalue weighted by Crippen LogP contribution is -2.83. The third-order valence-electron chi connectivity index (χ3n) is 2.77. The van der Waals surface area contributed by atoms with Crippen LogP contribution in [0.4, 0.5) is 0 Å². The molecule has 0 radical (unpaired) electrons. The Hall–Kier alpha value is -1.60. The van der Waals surface area contributed by atoms with E-state index in [0.717, 1.165) is 29.7 Å². The molecular weight excluding hydrogens is 274 g/mol. The summed E-state index contributed by atoms with van der Waals surface area (Å²) in [6.07, 6.45) is 0. The maximum Gasteiger partial charge on any atom is 0.209 e. The molecule has 0 aliphatic carbocycles. The summed E-state index contributed by atoms with van der Waals surface area (Å²) in [7, 11) is 1.85.